The number of nitrogens with one attached hydrogen (secondary N) is 2. The number of benzene rings is 2. The molecule has 2 atom stereocenters. The molecule has 0 aliphatic carbocycles. The topological polar surface area (TPSA) is 70.7 Å². The predicted octanol–water partition coefficient (Wildman–Crippen LogP) is 4.30. The molecule has 2 unspecified atom stereocenters. The lowest BCUT2D eigenvalue weighted by molar-refractivity contribution is -0.121. The molecule has 0 bridgehead atoms. The first kappa shape index (κ1) is 22.6. The summed E-state index contributed by atoms with van der Waals surface area (Å²) >= 11 is 0. The second-order valence-electron chi connectivity index (χ2n) is 8.37. The Balaban J connectivity index is 1.80. The zero-order valence-corrected chi connectivity index (χ0v) is 18.4. The number of anilines is 1. The molecule has 31 heavy (non-hydrogen) atoms. The van der Waals surface area contributed by atoms with Gasteiger partial charge in [-0.15, -0.1) is 0 Å². The number of amides is 3. The molecule has 6 nitrogen and oxygen atoms in total. The van der Waals surface area contributed by atoms with Crippen LogP contribution in [-0.4, -0.2) is 43.1 Å². The third kappa shape index (κ3) is 5.75. The van der Waals surface area contributed by atoms with Crippen molar-refractivity contribution in [2.45, 2.75) is 39.2 Å². The van der Waals surface area contributed by atoms with Gasteiger partial charge in [0.2, 0.25) is 5.91 Å². The lowest BCUT2D eigenvalue weighted by atomic mass is 9.83. The van der Waals surface area contributed by atoms with Crippen molar-refractivity contribution in [2.24, 2.45) is 5.92 Å². The summed E-state index contributed by atoms with van der Waals surface area (Å²) < 4.78 is 18.9. The van der Waals surface area contributed by atoms with Crippen molar-refractivity contribution in [2.75, 3.05) is 25.5 Å². The van der Waals surface area contributed by atoms with Crippen molar-refractivity contribution in [1.29, 1.82) is 0 Å². The SMILES string of the molecule is COc1ccc(NC(=O)C2CC(c3ccc(F)c(C)c3)CN(C(=O)NC(C)C)C2)cc1. The van der Waals surface area contributed by atoms with Crippen LogP contribution in [0.5, 0.6) is 5.75 Å². The fourth-order valence-electron chi connectivity index (χ4n) is 3.88. The maximum Gasteiger partial charge on any atom is 0.317 e. The van der Waals surface area contributed by atoms with Crippen LogP contribution in [0.25, 0.3) is 0 Å². The molecule has 166 valence electrons. The van der Waals surface area contributed by atoms with Crippen LogP contribution in [0, 0.1) is 18.7 Å². The van der Waals surface area contributed by atoms with Crippen molar-refractivity contribution < 1.29 is 18.7 Å². The molecular formula is C24H30FN3O3. The van der Waals surface area contributed by atoms with E-state index in [1.807, 2.05) is 19.9 Å². The highest BCUT2D eigenvalue weighted by Crippen LogP contribution is 2.32. The van der Waals surface area contributed by atoms with Crippen molar-refractivity contribution in [3.63, 3.8) is 0 Å². The standard InChI is InChI=1S/C24H30FN3O3/c1-15(2)26-24(30)28-13-18(17-5-10-22(25)16(3)11-17)12-19(14-28)23(29)27-20-6-8-21(31-4)9-7-20/h5-11,15,18-19H,12-14H2,1-4H3,(H,26,30)(H,27,29). The van der Waals surface area contributed by atoms with Crippen LogP contribution in [0.4, 0.5) is 14.9 Å². The van der Waals surface area contributed by atoms with Gasteiger partial charge in [0.15, 0.2) is 0 Å². The lowest BCUT2D eigenvalue weighted by Gasteiger charge is -2.38. The first-order valence-electron chi connectivity index (χ1n) is 10.5. The Morgan fingerprint density at radius 1 is 1.13 bits per heavy atom. The Kier molecular flexibility index (Phi) is 7.15. The molecule has 1 fully saturated rings. The van der Waals surface area contributed by atoms with Crippen molar-refractivity contribution in [3.05, 3.63) is 59.4 Å². The molecule has 1 heterocycles. The minimum absolute atomic E-state index is 0.00693. The number of likely N-dealkylation sites (tertiary alicyclic amines) is 1. The maximum absolute atomic E-state index is 13.8. The Labute approximate surface area is 182 Å². The van der Waals surface area contributed by atoms with Gasteiger partial charge < -0.3 is 20.3 Å². The second-order valence-corrected chi connectivity index (χ2v) is 8.37. The van der Waals surface area contributed by atoms with Gasteiger partial charge in [0, 0.05) is 30.7 Å². The number of hydrogen-bond donors (Lipinski definition) is 2. The fourth-order valence-corrected chi connectivity index (χ4v) is 3.88. The Bertz CT molecular complexity index is 930. The van der Waals surface area contributed by atoms with Gasteiger partial charge in [-0.1, -0.05) is 12.1 Å². The number of urea groups is 1. The molecule has 2 aromatic carbocycles. The van der Waals surface area contributed by atoms with Gasteiger partial charge >= 0.3 is 6.03 Å². The summed E-state index contributed by atoms with van der Waals surface area (Å²) in [5.41, 5.74) is 2.16. The van der Waals surface area contributed by atoms with Crippen LogP contribution in [0.3, 0.4) is 0 Å². The molecular weight excluding hydrogens is 397 g/mol. The van der Waals surface area contributed by atoms with Gasteiger partial charge in [-0.3, -0.25) is 4.79 Å². The molecule has 0 spiro atoms. The summed E-state index contributed by atoms with van der Waals surface area (Å²) in [6, 6.07) is 11.9. The summed E-state index contributed by atoms with van der Waals surface area (Å²) in [7, 11) is 1.59. The molecule has 0 aromatic heterocycles. The number of ether oxygens (including phenoxy) is 1. The van der Waals surface area contributed by atoms with Crippen LogP contribution >= 0.6 is 0 Å². The van der Waals surface area contributed by atoms with E-state index in [0.29, 0.717) is 36.5 Å². The van der Waals surface area contributed by atoms with Crippen LogP contribution < -0.4 is 15.4 Å². The molecule has 3 rings (SSSR count). The summed E-state index contributed by atoms with van der Waals surface area (Å²) in [6.45, 7) is 6.33. The van der Waals surface area contributed by atoms with Crippen molar-refractivity contribution >= 4 is 17.6 Å². The second kappa shape index (κ2) is 9.81. The molecule has 2 aromatic rings. The number of hydrogen-bond acceptors (Lipinski definition) is 3. The lowest BCUT2D eigenvalue weighted by Crippen LogP contribution is -2.51. The quantitative estimate of drug-likeness (QED) is 0.747. The average Bonchev–Trinajstić information content (AvgIpc) is 2.75. The number of rotatable bonds is 5. The molecule has 1 aliphatic rings. The number of aryl methyl sites for hydroxylation is 1. The normalized spacial score (nSPS) is 18.6. The van der Waals surface area contributed by atoms with Crippen LogP contribution in [-0.2, 0) is 4.79 Å². The van der Waals surface area contributed by atoms with Gasteiger partial charge in [0.25, 0.3) is 0 Å². The summed E-state index contributed by atoms with van der Waals surface area (Å²) in [4.78, 5) is 27.4. The van der Waals surface area contributed by atoms with Crippen molar-refractivity contribution in [3.8, 4) is 5.75 Å². The van der Waals surface area contributed by atoms with Gasteiger partial charge in [-0.05, 0) is 68.7 Å². The zero-order valence-electron chi connectivity index (χ0n) is 18.4. The summed E-state index contributed by atoms with van der Waals surface area (Å²) in [6.07, 6.45) is 0.582. The van der Waals surface area contributed by atoms with E-state index in [9.17, 15) is 14.0 Å². The number of methoxy groups -OCH3 is 1. The number of piperidine rings is 1. The molecule has 1 saturated heterocycles. The fraction of sp³-hybridized carbons (Fsp3) is 0.417. The highest BCUT2D eigenvalue weighted by Gasteiger charge is 2.35. The van der Waals surface area contributed by atoms with Gasteiger partial charge in [-0.25, -0.2) is 9.18 Å². The van der Waals surface area contributed by atoms with Crippen LogP contribution in [0.15, 0.2) is 42.5 Å². The van der Waals surface area contributed by atoms with Gasteiger partial charge in [-0.2, -0.15) is 0 Å². The molecule has 2 N–H and O–H groups in total. The highest BCUT2D eigenvalue weighted by molar-refractivity contribution is 5.93. The van der Waals surface area contributed by atoms with E-state index < -0.39 is 0 Å². The Morgan fingerprint density at radius 2 is 1.84 bits per heavy atom. The smallest absolute Gasteiger partial charge is 0.317 e. The van der Waals surface area contributed by atoms with E-state index >= 15 is 0 Å². The number of nitrogens with zero attached hydrogens (tertiary/aromatic N) is 1. The number of carbonyl (C=O) groups is 2. The third-order valence-corrected chi connectivity index (χ3v) is 5.53. The summed E-state index contributed by atoms with van der Waals surface area (Å²) in [5, 5.41) is 5.85. The largest absolute Gasteiger partial charge is 0.497 e. The van der Waals surface area contributed by atoms with E-state index in [2.05, 4.69) is 10.6 Å². The van der Waals surface area contributed by atoms with Gasteiger partial charge in [0.05, 0.1) is 13.0 Å². The first-order valence-corrected chi connectivity index (χ1v) is 10.5. The monoisotopic (exact) mass is 427 g/mol. The Hall–Kier alpha value is -3.09. The number of halogens is 1. The van der Waals surface area contributed by atoms with E-state index in [4.69, 9.17) is 4.74 Å². The average molecular weight is 428 g/mol. The molecule has 3 amide bonds. The Morgan fingerprint density at radius 3 is 2.45 bits per heavy atom. The first-order chi connectivity index (χ1) is 14.8. The predicted molar refractivity (Wildman–Crippen MR) is 119 cm³/mol. The molecule has 0 radical (unpaired) electrons. The minimum Gasteiger partial charge on any atom is -0.497 e. The van der Waals surface area contributed by atoms with E-state index in [1.54, 1.807) is 49.3 Å². The number of carbonyl (C=O) groups excluding carboxylic acids is 2. The highest BCUT2D eigenvalue weighted by atomic mass is 19.1. The maximum atomic E-state index is 13.8. The van der Waals surface area contributed by atoms with Crippen LogP contribution in [0.1, 0.15) is 37.3 Å². The molecule has 0 saturated carbocycles. The van der Waals surface area contributed by atoms with Gasteiger partial charge in [0.1, 0.15) is 11.6 Å². The molecule has 7 heteroatoms. The van der Waals surface area contributed by atoms with Crippen LogP contribution in [0.2, 0.25) is 0 Å². The van der Waals surface area contributed by atoms with E-state index in [-0.39, 0.29) is 35.6 Å². The summed E-state index contributed by atoms with van der Waals surface area (Å²) in [5.74, 6) is -0.139. The minimum atomic E-state index is -0.385. The van der Waals surface area contributed by atoms with Crippen molar-refractivity contribution in [1.82, 2.24) is 10.2 Å². The van der Waals surface area contributed by atoms with E-state index in [0.717, 1.165) is 5.56 Å². The third-order valence-electron chi connectivity index (χ3n) is 5.53. The zero-order chi connectivity index (χ0) is 22.5. The van der Waals surface area contributed by atoms with E-state index in [1.165, 1.54) is 6.07 Å². The molecule has 1 aliphatic heterocycles.